The summed E-state index contributed by atoms with van der Waals surface area (Å²) < 4.78 is 5.81. The number of carbonyl (C=O) groups excluding carboxylic acids is 1. The first-order valence-corrected chi connectivity index (χ1v) is 9.61. The molecule has 0 saturated heterocycles. The Morgan fingerprint density at radius 2 is 1.85 bits per heavy atom. The molecule has 140 valence electrons. The third-order valence-electron chi connectivity index (χ3n) is 4.81. The van der Waals surface area contributed by atoms with E-state index in [2.05, 4.69) is 10.3 Å². The second-order valence-corrected chi connectivity index (χ2v) is 7.66. The van der Waals surface area contributed by atoms with Gasteiger partial charge in [0.2, 0.25) is 5.89 Å². The summed E-state index contributed by atoms with van der Waals surface area (Å²) in [5.74, 6) is 0.154. The van der Waals surface area contributed by atoms with E-state index in [1.165, 1.54) is 0 Å². The number of amides is 1. The number of benzene rings is 2. The predicted octanol–water partition coefficient (Wildman–Crippen LogP) is 4.83. The molecule has 0 bridgehead atoms. The monoisotopic (exact) mass is 404 g/mol. The minimum atomic E-state index is -0.490. The molecule has 1 fully saturated rings. The van der Waals surface area contributed by atoms with Crippen LogP contribution in [0, 0.1) is 0 Å². The molecule has 27 heavy (non-hydrogen) atoms. The Morgan fingerprint density at radius 3 is 2.59 bits per heavy atom. The standard InChI is InChI=1S/C20H18Cl2N2O3/c21-13-7-12(8-14(22)10-13)20-24-16-6-5-11(9-18(16)27-20)19(26)23-15-3-1-2-4-17(15)25/h5-10,15,17,25H,1-4H2,(H,23,26)/t15-,17-/m0/s1. The summed E-state index contributed by atoms with van der Waals surface area (Å²) in [5.41, 5.74) is 2.26. The number of carbonyl (C=O) groups is 1. The lowest BCUT2D eigenvalue weighted by Crippen LogP contribution is -2.45. The summed E-state index contributed by atoms with van der Waals surface area (Å²) in [5, 5.41) is 13.9. The van der Waals surface area contributed by atoms with Crippen LogP contribution >= 0.6 is 23.2 Å². The fourth-order valence-corrected chi connectivity index (χ4v) is 3.92. The predicted molar refractivity (Wildman–Crippen MR) is 105 cm³/mol. The molecular weight excluding hydrogens is 387 g/mol. The fourth-order valence-electron chi connectivity index (χ4n) is 3.40. The second kappa shape index (κ2) is 7.50. The number of hydrogen-bond donors (Lipinski definition) is 2. The van der Waals surface area contributed by atoms with Crippen molar-refractivity contribution in [2.24, 2.45) is 0 Å². The molecule has 7 heteroatoms. The van der Waals surface area contributed by atoms with Crippen LogP contribution in [0.3, 0.4) is 0 Å². The van der Waals surface area contributed by atoms with Gasteiger partial charge in [-0.1, -0.05) is 36.0 Å². The Bertz CT molecular complexity index is 982. The quantitative estimate of drug-likeness (QED) is 0.654. The molecule has 0 spiro atoms. The molecule has 1 heterocycles. The van der Waals surface area contributed by atoms with E-state index in [9.17, 15) is 9.90 Å². The van der Waals surface area contributed by atoms with Crippen LogP contribution in [0.4, 0.5) is 0 Å². The third-order valence-corrected chi connectivity index (χ3v) is 5.24. The molecule has 0 radical (unpaired) electrons. The van der Waals surface area contributed by atoms with Crippen LogP contribution in [-0.4, -0.2) is 28.1 Å². The molecule has 2 aromatic carbocycles. The molecule has 2 N–H and O–H groups in total. The Balaban J connectivity index is 1.59. The zero-order chi connectivity index (χ0) is 19.0. The van der Waals surface area contributed by atoms with Crippen molar-refractivity contribution in [3.63, 3.8) is 0 Å². The fraction of sp³-hybridized carbons (Fsp3) is 0.300. The van der Waals surface area contributed by atoms with Crippen molar-refractivity contribution >= 4 is 40.2 Å². The summed E-state index contributed by atoms with van der Waals surface area (Å²) in [4.78, 5) is 17.0. The van der Waals surface area contributed by atoms with Crippen LogP contribution in [0.1, 0.15) is 36.0 Å². The number of aromatic nitrogens is 1. The van der Waals surface area contributed by atoms with Crippen LogP contribution in [0.15, 0.2) is 40.8 Å². The second-order valence-electron chi connectivity index (χ2n) is 6.79. The zero-order valence-corrected chi connectivity index (χ0v) is 15.9. The van der Waals surface area contributed by atoms with Gasteiger partial charge in [-0.05, 0) is 49.2 Å². The highest BCUT2D eigenvalue weighted by Gasteiger charge is 2.25. The van der Waals surface area contributed by atoms with Gasteiger partial charge in [0.05, 0.1) is 12.1 Å². The van der Waals surface area contributed by atoms with Gasteiger partial charge in [0, 0.05) is 21.2 Å². The molecule has 2 atom stereocenters. The van der Waals surface area contributed by atoms with Crippen molar-refractivity contribution in [2.75, 3.05) is 0 Å². The maximum atomic E-state index is 12.5. The van der Waals surface area contributed by atoms with Crippen molar-refractivity contribution in [1.29, 1.82) is 0 Å². The van der Waals surface area contributed by atoms with E-state index >= 15 is 0 Å². The minimum Gasteiger partial charge on any atom is -0.436 e. The first-order chi connectivity index (χ1) is 13.0. The Hall–Kier alpha value is -2.08. The summed E-state index contributed by atoms with van der Waals surface area (Å²) in [6, 6.07) is 9.96. The van der Waals surface area contributed by atoms with Crippen LogP contribution in [0.5, 0.6) is 0 Å². The number of aliphatic hydroxyl groups is 1. The topological polar surface area (TPSA) is 75.4 Å². The Morgan fingerprint density at radius 1 is 1.11 bits per heavy atom. The van der Waals surface area contributed by atoms with E-state index in [0.717, 1.165) is 25.7 Å². The van der Waals surface area contributed by atoms with Crippen molar-refractivity contribution in [3.05, 3.63) is 52.0 Å². The van der Waals surface area contributed by atoms with Crippen molar-refractivity contribution < 1.29 is 14.3 Å². The molecule has 0 aliphatic heterocycles. The largest absolute Gasteiger partial charge is 0.436 e. The zero-order valence-electron chi connectivity index (χ0n) is 14.4. The summed E-state index contributed by atoms with van der Waals surface area (Å²) in [7, 11) is 0. The van der Waals surface area contributed by atoms with Crippen molar-refractivity contribution in [1.82, 2.24) is 10.3 Å². The van der Waals surface area contributed by atoms with Crippen LogP contribution < -0.4 is 5.32 Å². The first-order valence-electron chi connectivity index (χ1n) is 8.85. The summed E-state index contributed by atoms with van der Waals surface area (Å²) in [6.07, 6.45) is 3.02. The number of nitrogens with one attached hydrogen (secondary N) is 1. The summed E-state index contributed by atoms with van der Waals surface area (Å²) >= 11 is 12.1. The number of nitrogens with zero attached hydrogens (tertiary/aromatic N) is 1. The van der Waals surface area contributed by atoms with Crippen molar-refractivity contribution in [3.8, 4) is 11.5 Å². The number of aliphatic hydroxyl groups excluding tert-OH is 1. The highest BCUT2D eigenvalue weighted by molar-refractivity contribution is 6.35. The number of rotatable bonds is 3. The normalized spacial score (nSPS) is 20.0. The average molecular weight is 405 g/mol. The maximum Gasteiger partial charge on any atom is 0.251 e. The Kier molecular flexibility index (Phi) is 5.08. The molecular formula is C20H18Cl2N2O3. The lowest BCUT2D eigenvalue weighted by atomic mass is 9.92. The van der Waals surface area contributed by atoms with E-state index in [4.69, 9.17) is 27.6 Å². The van der Waals surface area contributed by atoms with E-state index in [0.29, 0.717) is 38.2 Å². The van der Waals surface area contributed by atoms with E-state index in [1.54, 1.807) is 36.4 Å². The van der Waals surface area contributed by atoms with Gasteiger partial charge in [0.25, 0.3) is 5.91 Å². The first kappa shape index (κ1) is 18.3. The SMILES string of the molecule is O=C(N[C@H]1CCCC[C@@H]1O)c1ccc2nc(-c3cc(Cl)cc(Cl)c3)oc2c1. The van der Waals surface area contributed by atoms with Gasteiger partial charge < -0.3 is 14.8 Å². The highest BCUT2D eigenvalue weighted by Crippen LogP contribution is 2.29. The van der Waals surface area contributed by atoms with Gasteiger partial charge in [0.1, 0.15) is 5.52 Å². The lowest BCUT2D eigenvalue weighted by molar-refractivity contribution is 0.0717. The van der Waals surface area contributed by atoms with Gasteiger partial charge in [-0.25, -0.2) is 4.98 Å². The van der Waals surface area contributed by atoms with Gasteiger partial charge in [-0.3, -0.25) is 4.79 Å². The maximum absolute atomic E-state index is 12.5. The molecule has 3 aromatic rings. The van der Waals surface area contributed by atoms with Gasteiger partial charge in [-0.2, -0.15) is 0 Å². The molecule has 1 amide bonds. The highest BCUT2D eigenvalue weighted by atomic mass is 35.5. The lowest BCUT2D eigenvalue weighted by Gasteiger charge is -2.28. The molecule has 4 rings (SSSR count). The molecule has 1 aromatic heterocycles. The molecule has 5 nitrogen and oxygen atoms in total. The smallest absolute Gasteiger partial charge is 0.251 e. The summed E-state index contributed by atoms with van der Waals surface area (Å²) in [6.45, 7) is 0. The number of hydrogen-bond acceptors (Lipinski definition) is 4. The van der Waals surface area contributed by atoms with Crippen LogP contribution in [0.25, 0.3) is 22.6 Å². The van der Waals surface area contributed by atoms with Gasteiger partial charge in [0.15, 0.2) is 5.58 Å². The number of oxazole rings is 1. The molecule has 1 aliphatic rings. The molecule has 0 unspecified atom stereocenters. The van der Waals surface area contributed by atoms with E-state index in [1.807, 2.05) is 0 Å². The van der Waals surface area contributed by atoms with Crippen LogP contribution in [-0.2, 0) is 0 Å². The van der Waals surface area contributed by atoms with E-state index < -0.39 is 6.10 Å². The number of halogens is 2. The third kappa shape index (κ3) is 3.95. The molecule has 1 saturated carbocycles. The van der Waals surface area contributed by atoms with E-state index in [-0.39, 0.29) is 11.9 Å². The van der Waals surface area contributed by atoms with Gasteiger partial charge in [-0.15, -0.1) is 0 Å². The van der Waals surface area contributed by atoms with Crippen LogP contribution in [0.2, 0.25) is 10.0 Å². The minimum absolute atomic E-state index is 0.208. The van der Waals surface area contributed by atoms with Crippen molar-refractivity contribution in [2.45, 2.75) is 37.8 Å². The number of fused-ring (bicyclic) bond motifs is 1. The van der Waals surface area contributed by atoms with Gasteiger partial charge >= 0.3 is 0 Å². The molecule has 1 aliphatic carbocycles. The Labute approximate surface area is 166 Å². The average Bonchev–Trinajstić information content (AvgIpc) is 3.06.